The molecule has 0 unspecified atom stereocenters. The summed E-state index contributed by atoms with van der Waals surface area (Å²) in [5, 5.41) is 7.37. The summed E-state index contributed by atoms with van der Waals surface area (Å²) in [7, 11) is -3.65. The van der Waals surface area contributed by atoms with Gasteiger partial charge < -0.3 is 10.6 Å². The summed E-state index contributed by atoms with van der Waals surface area (Å²) in [6, 6.07) is 19.8. The molecule has 2 amide bonds. The van der Waals surface area contributed by atoms with Gasteiger partial charge >= 0.3 is 0 Å². The Labute approximate surface area is 206 Å². The predicted molar refractivity (Wildman–Crippen MR) is 136 cm³/mol. The van der Waals surface area contributed by atoms with Crippen molar-refractivity contribution in [3.63, 3.8) is 0 Å². The van der Waals surface area contributed by atoms with Gasteiger partial charge in [0.15, 0.2) is 0 Å². The summed E-state index contributed by atoms with van der Waals surface area (Å²) in [6.07, 6.45) is 1.40. The van der Waals surface area contributed by atoms with Crippen LogP contribution in [0.25, 0.3) is 10.8 Å². The number of nitrogens with one attached hydrogen (secondary N) is 2. The van der Waals surface area contributed by atoms with E-state index >= 15 is 0 Å². The molecule has 0 saturated carbocycles. The van der Waals surface area contributed by atoms with E-state index in [9.17, 15) is 18.0 Å². The summed E-state index contributed by atoms with van der Waals surface area (Å²) in [4.78, 5) is 25.1. The molecular formula is C27H31N3O4S. The van der Waals surface area contributed by atoms with Gasteiger partial charge in [-0.1, -0.05) is 66.2 Å². The van der Waals surface area contributed by atoms with Gasteiger partial charge in [0.2, 0.25) is 21.8 Å². The van der Waals surface area contributed by atoms with Crippen LogP contribution < -0.4 is 10.6 Å². The lowest BCUT2D eigenvalue weighted by atomic mass is 10.0. The number of benzene rings is 3. The molecule has 0 bridgehead atoms. The number of fused-ring (bicyclic) bond motifs is 1. The molecule has 0 spiro atoms. The first-order chi connectivity index (χ1) is 16.7. The fourth-order valence-electron chi connectivity index (χ4n) is 4.63. The van der Waals surface area contributed by atoms with Crippen LogP contribution >= 0.6 is 0 Å². The second-order valence-electron chi connectivity index (χ2n) is 9.11. The minimum atomic E-state index is -3.65. The van der Waals surface area contributed by atoms with Gasteiger partial charge in [-0.25, -0.2) is 8.42 Å². The summed E-state index contributed by atoms with van der Waals surface area (Å²) >= 11 is 0. The molecule has 1 aliphatic heterocycles. The minimum Gasteiger partial charge on any atom is -0.351 e. The maximum absolute atomic E-state index is 13.4. The van der Waals surface area contributed by atoms with Crippen molar-refractivity contribution >= 4 is 32.6 Å². The molecule has 0 radical (unpaired) electrons. The summed E-state index contributed by atoms with van der Waals surface area (Å²) in [6.45, 7) is 4.02. The van der Waals surface area contributed by atoms with Gasteiger partial charge in [-0.2, -0.15) is 4.31 Å². The highest BCUT2D eigenvalue weighted by molar-refractivity contribution is 7.89. The lowest BCUT2D eigenvalue weighted by Gasteiger charge is -2.32. The van der Waals surface area contributed by atoms with Crippen LogP contribution in [0.1, 0.15) is 30.9 Å². The van der Waals surface area contributed by atoms with E-state index in [0.717, 1.165) is 16.5 Å². The Kier molecular flexibility index (Phi) is 7.52. The topological polar surface area (TPSA) is 95.6 Å². The molecule has 35 heavy (non-hydrogen) atoms. The second-order valence-corrected chi connectivity index (χ2v) is 11.0. The molecular weight excluding hydrogens is 462 g/mol. The highest BCUT2D eigenvalue weighted by Gasteiger charge is 2.32. The van der Waals surface area contributed by atoms with Gasteiger partial charge in [0, 0.05) is 37.9 Å². The molecule has 3 aromatic rings. The normalized spacial score (nSPS) is 16.1. The maximum atomic E-state index is 13.4. The Hall–Kier alpha value is -3.23. The quantitative estimate of drug-likeness (QED) is 0.529. The van der Waals surface area contributed by atoms with Crippen LogP contribution in [0.4, 0.5) is 0 Å². The lowest BCUT2D eigenvalue weighted by molar-refractivity contribution is -0.128. The van der Waals surface area contributed by atoms with E-state index in [1.165, 1.54) is 11.2 Å². The van der Waals surface area contributed by atoms with E-state index in [1.54, 1.807) is 12.1 Å². The zero-order valence-corrected chi connectivity index (χ0v) is 20.8. The Morgan fingerprint density at radius 1 is 1.00 bits per heavy atom. The first-order valence-electron chi connectivity index (χ1n) is 11.8. The largest absolute Gasteiger partial charge is 0.351 e. The number of piperidine rings is 1. The van der Waals surface area contributed by atoms with Crippen LogP contribution in [-0.4, -0.2) is 49.7 Å². The first-order valence-corrected chi connectivity index (χ1v) is 13.3. The van der Waals surface area contributed by atoms with E-state index < -0.39 is 16.1 Å². The Bertz CT molecular complexity index is 1330. The van der Waals surface area contributed by atoms with Crippen LogP contribution in [-0.2, 0) is 26.0 Å². The van der Waals surface area contributed by atoms with Crippen molar-refractivity contribution < 1.29 is 18.0 Å². The number of aryl methyl sites for hydroxylation is 1. The number of hydrogen-bond acceptors (Lipinski definition) is 4. The van der Waals surface area contributed by atoms with E-state index in [4.69, 9.17) is 0 Å². The molecule has 1 heterocycles. The number of rotatable bonds is 7. The monoisotopic (exact) mass is 493 g/mol. The molecule has 2 N–H and O–H groups in total. The summed E-state index contributed by atoms with van der Waals surface area (Å²) in [5.41, 5.74) is 2.05. The van der Waals surface area contributed by atoms with Crippen molar-refractivity contribution in [3.05, 3.63) is 77.9 Å². The molecule has 4 rings (SSSR count). The summed E-state index contributed by atoms with van der Waals surface area (Å²) in [5.74, 6) is -0.522. The van der Waals surface area contributed by atoms with E-state index in [0.29, 0.717) is 42.6 Å². The van der Waals surface area contributed by atoms with Crippen LogP contribution in [0.15, 0.2) is 71.6 Å². The molecule has 0 aromatic heterocycles. The molecule has 1 saturated heterocycles. The highest BCUT2D eigenvalue weighted by Crippen LogP contribution is 2.27. The van der Waals surface area contributed by atoms with Gasteiger partial charge in [0.1, 0.15) is 6.04 Å². The van der Waals surface area contributed by atoms with Crippen LogP contribution in [0.2, 0.25) is 0 Å². The molecule has 7 nitrogen and oxygen atoms in total. The van der Waals surface area contributed by atoms with Gasteiger partial charge in [0.25, 0.3) is 0 Å². The SMILES string of the molecule is CC(=O)N[C@H](Cc1cccc(C)c1)C(=O)NC1CCN(S(=O)(=O)c2cccc3ccccc23)CC1. The van der Waals surface area contributed by atoms with Crippen molar-refractivity contribution in [2.24, 2.45) is 0 Å². The fourth-order valence-corrected chi connectivity index (χ4v) is 6.32. The third-order valence-corrected chi connectivity index (χ3v) is 8.34. The standard InChI is InChI=1S/C27H31N3O4S/c1-19-7-5-8-21(17-19)18-25(28-20(2)31)27(32)29-23-13-15-30(16-14-23)35(33,34)26-12-6-10-22-9-3-4-11-24(22)26/h3-12,17,23,25H,13-16,18H2,1-2H3,(H,28,31)(H,29,32)/t25-/m1/s1. The third-order valence-electron chi connectivity index (χ3n) is 6.38. The lowest BCUT2D eigenvalue weighted by Crippen LogP contribution is -2.53. The van der Waals surface area contributed by atoms with Gasteiger partial charge in [-0.05, 0) is 36.8 Å². The van der Waals surface area contributed by atoms with Crippen molar-refractivity contribution in [1.82, 2.24) is 14.9 Å². The van der Waals surface area contributed by atoms with Crippen molar-refractivity contribution in [1.29, 1.82) is 0 Å². The molecule has 1 aliphatic rings. The van der Waals surface area contributed by atoms with Crippen molar-refractivity contribution in [2.75, 3.05) is 13.1 Å². The molecule has 8 heteroatoms. The average molecular weight is 494 g/mol. The van der Waals surface area contributed by atoms with Crippen LogP contribution in [0.3, 0.4) is 0 Å². The van der Waals surface area contributed by atoms with E-state index in [-0.39, 0.29) is 17.9 Å². The van der Waals surface area contributed by atoms with Crippen molar-refractivity contribution in [3.8, 4) is 0 Å². The van der Waals surface area contributed by atoms with Gasteiger partial charge in [-0.3, -0.25) is 9.59 Å². The molecule has 3 aromatic carbocycles. The fraction of sp³-hybridized carbons (Fsp3) is 0.333. The molecule has 1 atom stereocenters. The average Bonchev–Trinajstić information content (AvgIpc) is 2.83. The van der Waals surface area contributed by atoms with E-state index in [1.807, 2.05) is 61.5 Å². The first kappa shape index (κ1) is 24.9. The van der Waals surface area contributed by atoms with E-state index in [2.05, 4.69) is 10.6 Å². The zero-order chi connectivity index (χ0) is 25.0. The Balaban J connectivity index is 1.41. The van der Waals surface area contributed by atoms with Crippen LogP contribution in [0.5, 0.6) is 0 Å². The van der Waals surface area contributed by atoms with Crippen molar-refractivity contribution in [2.45, 2.75) is 50.1 Å². The number of sulfonamides is 1. The second kappa shape index (κ2) is 10.6. The Morgan fingerprint density at radius 3 is 2.40 bits per heavy atom. The smallest absolute Gasteiger partial charge is 0.243 e. The number of amides is 2. The number of hydrogen-bond donors (Lipinski definition) is 2. The molecule has 1 fully saturated rings. The Morgan fingerprint density at radius 2 is 1.69 bits per heavy atom. The van der Waals surface area contributed by atoms with Gasteiger partial charge in [-0.15, -0.1) is 0 Å². The predicted octanol–water partition coefficient (Wildman–Crippen LogP) is 3.16. The number of carbonyl (C=O) groups is 2. The highest BCUT2D eigenvalue weighted by atomic mass is 32.2. The zero-order valence-electron chi connectivity index (χ0n) is 20.0. The third kappa shape index (κ3) is 5.89. The number of carbonyl (C=O) groups excluding carboxylic acids is 2. The number of nitrogens with zero attached hydrogens (tertiary/aromatic N) is 1. The maximum Gasteiger partial charge on any atom is 0.243 e. The van der Waals surface area contributed by atoms with Crippen LogP contribution in [0, 0.1) is 6.92 Å². The minimum absolute atomic E-state index is 0.157. The summed E-state index contributed by atoms with van der Waals surface area (Å²) < 4.78 is 28.3. The molecule has 0 aliphatic carbocycles. The van der Waals surface area contributed by atoms with Gasteiger partial charge in [0.05, 0.1) is 4.90 Å². The molecule has 184 valence electrons.